The van der Waals surface area contributed by atoms with E-state index in [2.05, 4.69) is 15.1 Å². The third-order valence-corrected chi connectivity index (χ3v) is 5.45. The van der Waals surface area contributed by atoms with E-state index in [9.17, 15) is 4.79 Å². The highest BCUT2D eigenvalue weighted by atomic mass is 16.2. The van der Waals surface area contributed by atoms with Crippen molar-refractivity contribution in [2.45, 2.75) is 46.6 Å². The van der Waals surface area contributed by atoms with Gasteiger partial charge in [-0.25, -0.2) is 9.50 Å². The molecule has 2 aromatic heterocycles. The van der Waals surface area contributed by atoms with Gasteiger partial charge in [-0.05, 0) is 56.5 Å². The van der Waals surface area contributed by atoms with Crippen LogP contribution in [0.1, 0.15) is 47.6 Å². The Kier molecular flexibility index (Phi) is 5.80. The second-order valence-electron chi connectivity index (χ2n) is 7.91. The van der Waals surface area contributed by atoms with Crippen LogP contribution in [-0.2, 0) is 11.3 Å². The SMILES string of the molecule is CCC(C(=O)N(Cc1nc2nc(C)cc(C)n2n1)c1cccc(C)c1)c1ccccc1. The van der Waals surface area contributed by atoms with E-state index in [1.54, 1.807) is 9.42 Å². The van der Waals surface area contributed by atoms with Crippen LogP contribution in [-0.4, -0.2) is 25.5 Å². The monoisotopic (exact) mass is 413 g/mol. The van der Waals surface area contributed by atoms with E-state index in [-0.39, 0.29) is 18.4 Å². The molecule has 0 aliphatic heterocycles. The molecule has 6 heteroatoms. The standard InChI is InChI=1S/C25H27N5O/c1-5-22(20-11-7-6-8-12-20)24(31)29(21-13-9-10-17(2)14-21)16-23-27-25-26-18(3)15-19(4)30(25)28-23/h6-15,22H,5,16H2,1-4H3. The topological polar surface area (TPSA) is 63.4 Å². The van der Waals surface area contributed by atoms with Gasteiger partial charge in [-0.1, -0.05) is 49.4 Å². The molecule has 2 heterocycles. The molecule has 31 heavy (non-hydrogen) atoms. The molecule has 0 spiro atoms. The number of aromatic nitrogens is 4. The summed E-state index contributed by atoms with van der Waals surface area (Å²) in [6.45, 7) is 8.28. The van der Waals surface area contributed by atoms with Crippen LogP contribution in [0.15, 0.2) is 60.7 Å². The van der Waals surface area contributed by atoms with Crippen molar-refractivity contribution in [3.05, 3.63) is 89.0 Å². The Labute approximate surface area is 182 Å². The number of fused-ring (bicyclic) bond motifs is 1. The fraction of sp³-hybridized carbons (Fsp3) is 0.280. The van der Waals surface area contributed by atoms with Gasteiger partial charge in [0.15, 0.2) is 5.82 Å². The van der Waals surface area contributed by atoms with Gasteiger partial charge in [-0.15, -0.1) is 5.10 Å². The first-order chi connectivity index (χ1) is 15.0. The van der Waals surface area contributed by atoms with Crippen molar-refractivity contribution >= 4 is 17.4 Å². The molecule has 1 atom stereocenters. The van der Waals surface area contributed by atoms with E-state index >= 15 is 0 Å². The number of amides is 1. The lowest BCUT2D eigenvalue weighted by atomic mass is 9.94. The van der Waals surface area contributed by atoms with Gasteiger partial charge in [0, 0.05) is 17.1 Å². The molecule has 0 radical (unpaired) electrons. The zero-order valence-electron chi connectivity index (χ0n) is 18.4. The minimum absolute atomic E-state index is 0.0408. The molecule has 0 aliphatic carbocycles. The number of nitrogens with zero attached hydrogens (tertiary/aromatic N) is 5. The number of aryl methyl sites for hydroxylation is 3. The van der Waals surface area contributed by atoms with E-state index in [0.717, 1.165) is 28.2 Å². The number of hydrogen-bond donors (Lipinski definition) is 0. The molecule has 0 fully saturated rings. The summed E-state index contributed by atoms with van der Waals surface area (Å²) < 4.78 is 1.73. The average molecular weight is 414 g/mol. The Bertz CT molecular complexity index is 1220. The molecule has 0 saturated carbocycles. The van der Waals surface area contributed by atoms with Crippen LogP contribution in [0.25, 0.3) is 5.78 Å². The van der Waals surface area contributed by atoms with Gasteiger partial charge < -0.3 is 4.90 Å². The Morgan fingerprint density at radius 3 is 2.48 bits per heavy atom. The van der Waals surface area contributed by atoms with Gasteiger partial charge in [0.2, 0.25) is 5.91 Å². The zero-order chi connectivity index (χ0) is 22.0. The molecule has 0 bridgehead atoms. The molecule has 0 aliphatic rings. The maximum absolute atomic E-state index is 13.8. The predicted octanol–water partition coefficient (Wildman–Crippen LogP) is 4.78. The molecule has 158 valence electrons. The van der Waals surface area contributed by atoms with Gasteiger partial charge in [-0.2, -0.15) is 4.98 Å². The molecular weight excluding hydrogens is 386 g/mol. The van der Waals surface area contributed by atoms with Gasteiger partial charge >= 0.3 is 0 Å². The van der Waals surface area contributed by atoms with Crippen LogP contribution < -0.4 is 4.90 Å². The molecule has 0 saturated heterocycles. The minimum atomic E-state index is -0.235. The van der Waals surface area contributed by atoms with Crippen molar-refractivity contribution in [2.24, 2.45) is 0 Å². The van der Waals surface area contributed by atoms with Crippen LogP contribution in [0.3, 0.4) is 0 Å². The molecule has 2 aromatic carbocycles. The summed E-state index contributed by atoms with van der Waals surface area (Å²) in [6, 6.07) is 19.9. The molecule has 0 N–H and O–H groups in total. The molecular formula is C25H27N5O. The van der Waals surface area contributed by atoms with Gasteiger partial charge in [0.1, 0.15) is 0 Å². The Morgan fingerprint density at radius 1 is 1.00 bits per heavy atom. The number of rotatable bonds is 6. The summed E-state index contributed by atoms with van der Waals surface area (Å²) in [7, 11) is 0. The lowest BCUT2D eigenvalue weighted by molar-refractivity contribution is -0.120. The summed E-state index contributed by atoms with van der Waals surface area (Å²) >= 11 is 0. The zero-order valence-corrected chi connectivity index (χ0v) is 18.4. The summed E-state index contributed by atoms with van der Waals surface area (Å²) in [5, 5.41) is 4.63. The van der Waals surface area contributed by atoms with Crippen LogP contribution in [0.2, 0.25) is 0 Å². The van der Waals surface area contributed by atoms with Gasteiger partial charge in [0.05, 0.1) is 12.5 Å². The quantitative estimate of drug-likeness (QED) is 0.456. The lowest BCUT2D eigenvalue weighted by Gasteiger charge is -2.26. The molecule has 6 nitrogen and oxygen atoms in total. The Balaban J connectivity index is 1.74. The van der Waals surface area contributed by atoms with Crippen LogP contribution in [0, 0.1) is 20.8 Å². The maximum Gasteiger partial charge on any atom is 0.252 e. The normalized spacial score (nSPS) is 12.1. The summed E-state index contributed by atoms with van der Waals surface area (Å²) in [5.41, 5.74) is 4.82. The fourth-order valence-corrected chi connectivity index (χ4v) is 3.93. The van der Waals surface area contributed by atoms with Crippen molar-refractivity contribution in [1.82, 2.24) is 19.6 Å². The largest absolute Gasteiger partial charge is 0.304 e. The molecule has 1 unspecified atom stereocenters. The van der Waals surface area contributed by atoms with Gasteiger partial charge in [-0.3, -0.25) is 4.79 Å². The molecule has 4 rings (SSSR count). The van der Waals surface area contributed by atoms with Crippen LogP contribution in [0.5, 0.6) is 0 Å². The number of anilines is 1. The van der Waals surface area contributed by atoms with E-state index in [0.29, 0.717) is 18.0 Å². The second kappa shape index (κ2) is 8.68. The summed E-state index contributed by atoms with van der Waals surface area (Å²) in [4.78, 5) is 24.7. The number of hydrogen-bond acceptors (Lipinski definition) is 4. The lowest BCUT2D eigenvalue weighted by Crippen LogP contribution is -2.35. The first-order valence-corrected chi connectivity index (χ1v) is 10.6. The van der Waals surface area contributed by atoms with Crippen molar-refractivity contribution < 1.29 is 4.79 Å². The van der Waals surface area contributed by atoms with E-state index in [1.165, 1.54) is 0 Å². The highest BCUT2D eigenvalue weighted by Gasteiger charge is 2.27. The number of benzene rings is 2. The third-order valence-electron chi connectivity index (χ3n) is 5.45. The number of carbonyl (C=O) groups excluding carboxylic acids is 1. The Morgan fingerprint density at radius 2 is 1.77 bits per heavy atom. The molecule has 4 aromatic rings. The smallest absolute Gasteiger partial charge is 0.252 e. The second-order valence-corrected chi connectivity index (χ2v) is 7.91. The van der Waals surface area contributed by atoms with E-state index in [4.69, 9.17) is 0 Å². The van der Waals surface area contributed by atoms with Crippen molar-refractivity contribution in [3.63, 3.8) is 0 Å². The van der Waals surface area contributed by atoms with Crippen molar-refractivity contribution in [1.29, 1.82) is 0 Å². The first-order valence-electron chi connectivity index (χ1n) is 10.6. The summed E-state index contributed by atoms with van der Waals surface area (Å²) in [6.07, 6.45) is 0.712. The Hall–Kier alpha value is -3.54. The van der Waals surface area contributed by atoms with E-state index in [1.807, 2.05) is 88.4 Å². The average Bonchev–Trinajstić information content (AvgIpc) is 3.16. The number of carbonyl (C=O) groups is 1. The highest BCUT2D eigenvalue weighted by molar-refractivity contribution is 5.98. The fourth-order valence-electron chi connectivity index (χ4n) is 3.93. The third kappa shape index (κ3) is 4.33. The van der Waals surface area contributed by atoms with Crippen LogP contribution >= 0.6 is 0 Å². The maximum atomic E-state index is 13.8. The van der Waals surface area contributed by atoms with Gasteiger partial charge in [0.25, 0.3) is 5.78 Å². The minimum Gasteiger partial charge on any atom is -0.304 e. The highest BCUT2D eigenvalue weighted by Crippen LogP contribution is 2.27. The van der Waals surface area contributed by atoms with Crippen molar-refractivity contribution in [2.75, 3.05) is 4.90 Å². The summed E-state index contributed by atoms with van der Waals surface area (Å²) in [5.74, 6) is 0.929. The van der Waals surface area contributed by atoms with Crippen molar-refractivity contribution in [3.8, 4) is 0 Å². The molecule has 1 amide bonds. The first kappa shape index (κ1) is 20.7. The predicted molar refractivity (Wildman–Crippen MR) is 122 cm³/mol. The van der Waals surface area contributed by atoms with Crippen LogP contribution in [0.4, 0.5) is 5.69 Å². The van der Waals surface area contributed by atoms with E-state index < -0.39 is 0 Å².